The van der Waals surface area contributed by atoms with E-state index in [0.717, 1.165) is 0 Å². The smallest absolute Gasteiger partial charge is 0.166 e. The molecule has 0 aliphatic carbocycles. The van der Waals surface area contributed by atoms with Crippen LogP contribution >= 0.6 is 47.0 Å². The Morgan fingerprint density at radius 1 is 1.00 bits per heavy atom. The summed E-state index contributed by atoms with van der Waals surface area (Å²) in [4.78, 5) is 0.100. The normalized spacial score (nSPS) is 10.4. The van der Waals surface area contributed by atoms with Gasteiger partial charge in [-0.1, -0.05) is 47.0 Å². The Labute approximate surface area is 135 Å². The van der Waals surface area contributed by atoms with E-state index in [9.17, 15) is 4.39 Å². The summed E-state index contributed by atoms with van der Waals surface area (Å²) >= 11 is 22.4. The van der Waals surface area contributed by atoms with Crippen molar-refractivity contribution in [2.24, 2.45) is 5.73 Å². The number of hydrogen-bond donors (Lipinski definition) is 1. The summed E-state index contributed by atoms with van der Waals surface area (Å²) in [5.41, 5.74) is 5.82. The Bertz CT molecular complexity index is 694. The molecule has 0 saturated carbocycles. The van der Waals surface area contributed by atoms with Gasteiger partial charge in [-0.15, -0.1) is 0 Å². The highest BCUT2D eigenvalue weighted by molar-refractivity contribution is 7.80. The van der Waals surface area contributed by atoms with Crippen LogP contribution in [0.25, 0.3) is 0 Å². The molecule has 104 valence electrons. The summed E-state index contributed by atoms with van der Waals surface area (Å²) in [6.45, 7) is 0. The van der Waals surface area contributed by atoms with Crippen LogP contribution in [0.3, 0.4) is 0 Å². The maximum absolute atomic E-state index is 13.9. The van der Waals surface area contributed by atoms with Crippen LogP contribution < -0.4 is 10.5 Å². The topological polar surface area (TPSA) is 35.2 Å². The molecule has 2 N–H and O–H groups in total. The SMILES string of the molecule is NC(=S)c1ccc(Oc2cc(Cl)c(Cl)cc2Cl)c(F)c1. The van der Waals surface area contributed by atoms with E-state index in [1.807, 2.05) is 0 Å². The number of rotatable bonds is 3. The average Bonchev–Trinajstić information content (AvgIpc) is 2.37. The summed E-state index contributed by atoms with van der Waals surface area (Å²) in [5, 5.41) is 0.761. The van der Waals surface area contributed by atoms with E-state index in [1.54, 1.807) is 6.07 Å². The minimum absolute atomic E-state index is 0.0229. The van der Waals surface area contributed by atoms with Crippen LogP contribution in [0.1, 0.15) is 5.56 Å². The van der Waals surface area contributed by atoms with Gasteiger partial charge in [0.05, 0.1) is 15.1 Å². The van der Waals surface area contributed by atoms with Crippen molar-refractivity contribution in [1.29, 1.82) is 0 Å². The lowest BCUT2D eigenvalue weighted by atomic mass is 10.2. The Morgan fingerprint density at radius 3 is 2.25 bits per heavy atom. The summed E-state index contributed by atoms with van der Waals surface area (Å²) < 4.78 is 19.2. The van der Waals surface area contributed by atoms with Crippen molar-refractivity contribution in [2.75, 3.05) is 0 Å². The average molecular weight is 351 g/mol. The quantitative estimate of drug-likeness (QED) is 0.609. The first kappa shape index (κ1) is 15.3. The zero-order valence-electron chi connectivity index (χ0n) is 9.79. The van der Waals surface area contributed by atoms with Crippen LogP contribution in [0.5, 0.6) is 11.5 Å². The van der Waals surface area contributed by atoms with Gasteiger partial charge in [-0.25, -0.2) is 4.39 Å². The summed E-state index contributed by atoms with van der Waals surface area (Å²) in [7, 11) is 0. The number of thiocarbonyl (C=S) groups is 1. The van der Waals surface area contributed by atoms with Crippen molar-refractivity contribution in [3.8, 4) is 11.5 Å². The van der Waals surface area contributed by atoms with Crippen LogP contribution in [-0.4, -0.2) is 4.99 Å². The molecule has 0 spiro atoms. The van der Waals surface area contributed by atoms with E-state index in [-0.39, 0.29) is 31.6 Å². The van der Waals surface area contributed by atoms with Crippen molar-refractivity contribution < 1.29 is 9.13 Å². The van der Waals surface area contributed by atoms with E-state index in [1.165, 1.54) is 24.3 Å². The molecular formula is C13H7Cl3FNOS. The largest absolute Gasteiger partial charge is 0.453 e. The number of ether oxygens (including phenoxy) is 1. The lowest BCUT2D eigenvalue weighted by Gasteiger charge is -2.10. The van der Waals surface area contributed by atoms with Gasteiger partial charge in [0.25, 0.3) is 0 Å². The van der Waals surface area contributed by atoms with Gasteiger partial charge >= 0.3 is 0 Å². The second kappa shape index (κ2) is 6.14. The van der Waals surface area contributed by atoms with Crippen molar-refractivity contribution >= 4 is 52.0 Å². The molecule has 0 radical (unpaired) electrons. The molecule has 0 heterocycles. The molecule has 0 aromatic heterocycles. The van der Waals surface area contributed by atoms with Crippen molar-refractivity contribution in [3.63, 3.8) is 0 Å². The van der Waals surface area contributed by atoms with Gasteiger partial charge in [0.1, 0.15) is 10.7 Å². The first-order chi connectivity index (χ1) is 9.38. The third-order valence-electron chi connectivity index (χ3n) is 2.41. The molecule has 20 heavy (non-hydrogen) atoms. The zero-order chi connectivity index (χ0) is 14.9. The highest BCUT2D eigenvalue weighted by Gasteiger charge is 2.12. The predicted octanol–water partition coefficient (Wildman–Crippen LogP) is 5.21. The predicted molar refractivity (Wildman–Crippen MR) is 83.8 cm³/mol. The molecule has 0 unspecified atom stereocenters. The molecule has 2 aromatic rings. The third-order valence-corrected chi connectivity index (χ3v) is 3.66. The standard InChI is InChI=1S/C13H7Cl3FNOS/c14-7-4-9(16)12(5-8(7)15)19-11-2-1-6(13(18)20)3-10(11)17/h1-5H,(H2,18,20). The molecular weight excluding hydrogens is 344 g/mol. The van der Waals surface area contributed by atoms with Crippen LogP contribution in [-0.2, 0) is 0 Å². The minimum atomic E-state index is -0.613. The Balaban J connectivity index is 2.35. The molecule has 0 atom stereocenters. The van der Waals surface area contributed by atoms with Crippen LogP contribution in [0.4, 0.5) is 4.39 Å². The molecule has 2 aromatic carbocycles. The first-order valence-corrected chi connectivity index (χ1v) is 6.84. The van der Waals surface area contributed by atoms with E-state index >= 15 is 0 Å². The monoisotopic (exact) mass is 349 g/mol. The second-order valence-corrected chi connectivity index (χ2v) is 5.47. The fourth-order valence-electron chi connectivity index (χ4n) is 1.44. The van der Waals surface area contributed by atoms with Gasteiger partial charge in [-0.05, 0) is 24.3 Å². The molecule has 0 aliphatic rings. The molecule has 0 aliphatic heterocycles. The maximum Gasteiger partial charge on any atom is 0.166 e. The van der Waals surface area contributed by atoms with Gasteiger partial charge in [-0.2, -0.15) is 0 Å². The zero-order valence-corrected chi connectivity index (χ0v) is 12.9. The second-order valence-electron chi connectivity index (χ2n) is 3.81. The van der Waals surface area contributed by atoms with E-state index in [4.69, 9.17) is 57.5 Å². The van der Waals surface area contributed by atoms with Gasteiger partial charge in [0, 0.05) is 11.6 Å². The highest BCUT2D eigenvalue weighted by Crippen LogP contribution is 2.37. The van der Waals surface area contributed by atoms with Crippen LogP contribution in [0.2, 0.25) is 15.1 Å². The fraction of sp³-hybridized carbons (Fsp3) is 0. The maximum atomic E-state index is 13.9. The van der Waals surface area contributed by atoms with Crippen LogP contribution in [0, 0.1) is 5.82 Å². The Morgan fingerprint density at radius 2 is 1.65 bits per heavy atom. The van der Waals surface area contributed by atoms with E-state index in [2.05, 4.69) is 0 Å². The summed E-state index contributed by atoms with van der Waals surface area (Å²) in [6.07, 6.45) is 0. The third kappa shape index (κ3) is 3.33. The van der Waals surface area contributed by atoms with Gasteiger partial charge in [0.2, 0.25) is 0 Å². The van der Waals surface area contributed by atoms with E-state index in [0.29, 0.717) is 5.56 Å². The van der Waals surface area contributed by atoms with Gasteiger partial charge < -0.3 is 10.5 Å². The molecule has 2 rings (SSSR count). The fourth-order valence-corrected chi connectivity index (χ4v) is 2.14. The van der Waals surface area contributed by atoms with Crippen LogP contribution in [0.15, 0.2) is 30.3 Å². The molecule has 0 fully saturated rings. The lowest BCUT2D eigenvalue weighted by molar-refractivity contribution is 0.442. The lowest BCUT2D eigenvalue weighted by Crippen LogP contribution is -2.09. The van der Waals surface area contributed by atoms with Gasteiger partial charge in [0.15, 0.2) is 11.6 Å². The number of halogens is 4. The number of benzene rings is 2. The molecule has 2 nitrogen and oxygen atoms in total. The van der Waals surface area contributed by atoms with Crippen molar-refractivity contribution in [3.05, 3.63) is 56.8 Å². The molecule has 0 amide bonds. The van der Waals surface area contributed by atoms with E-state index < -0.39 is 5.82 Å². The highest BCUT2D eigenvalue weighted by atomic mass is 35.5. The summed E-state index contributed by atoms with van der Waals surface area (Å²) in [6, 6.07) is 6.97. The Kier molecular flexibility index (Phi) is 4.70. The van der Waals surface area contributed by atoms with Crippen molar-refractivity contribution in [2.45, 2.75) is 0 Å². The minimum Gasteiger partial charge on any atom is -0.453 e. The summed E-state index contributed by atoms with van der Waals surface area (Å²) in [5.74, 6) is -0.439. The number of nitrogens with two attached hydrogens (primary N) is 1. The first-order valence-electron chi connectivity index (χ1n) is 5.30. The van der Waals surface area contributed by atoms with Crippen molar-refractivity contribution in [1.82, 2.24) is 0 Å². The molecule has 0 saturated heterocycles. The Hall–Kier alpha value is -1.07. The molecule has 7 heteroatoms. The van der Waals surface area contributed by atoms with Gasteiger partial charge in [-0.3, -0.25) is 0 Å². The molecule has 0 bridgehead atoms. The number of hydrogen-bond acceptors (Lipinski definition) is 2.